The van der Waals surface area contributed by atoms with Gasteiger partial charge in [0.15, 0.2) is 0 Å². The first-order chi connectivity index (χ1) is 10.5. The highest BCUT2D eigenvalue weighted by Crippen LogP contribution is 2.21. The second-order valence-corrected chi connectivity index (χ2v) is 4.29. The highest BCUT2D eigenvalue weighted by molar-refractivity contribution is 5.97. The van der Waals surface area contributed by atoms with Crippen LogP contribution < -0.4 is 10.2 Å². The predicted octanol–water partition coefficient (Wildman–Crippen LogP) is 2.01. The van der Waals surface area contributed by atoms with E-state index in [0.29, 0.717) is 11.3 Å². The molecule has 2 rings (SSSR count). The van der Waals surface area contributed by atoms with Crippen molar-refractivity contribution in [2.45, 2.75) is 0 Å². The van der Waals surface area contributed by atoms with Crippen molar-refractivity contribution >= 4 is 12.1 Å². The van der Waals surface area contributed by atoms with Crippen molar-refractivity contribution in [2.24, 2.45) is 5.10 Å². The number of hydrogen-bond acceptors (Lipinski definition) is 5. The van der Waals surface area contributed by atoms with Crippen LogP contribution in [0.25, 0.3) is 0 Å². The Bertz CT molecular complexity index is 731. The summed E-state index contributed by atoms with van der Waals surface area (Å²) in [5.74, 6) is -1.34. The first-order valence-corrected chi connectivity index (χ1v) is 6.20. The summed E-state index contributed by atoms with van der Waals surface area (Å²) in [6, 6.07) is 7.50. The summed E-state index contributed by atoms with van der Waals surface area (Å²) in [7, 11) is 1.47. The molecule has 0 aromatic heterocycles. The Balaban J connectivity index is 2.12. The molecule has 7 heteroatoms. The van der Waals surface area contributed by atoms with E-state index in [0.717, 1.165) is 18.2 Å². The number of hydrazone groups is 1. The number of phenols is 2. The Morgan fingerprint density at radius 1 is 1.23 bits per heavy atom. The second-order valence-electron chi connectivity index (χ2n) is 4.29. The lowest BCUT2D eigenvalue weighted by Crippen LogP contribution is -2.18. The SMILES string of the molecule is COc1ccc(O)c(/C=N/NC(=O)c2cc(F)ccc2O)c1. The first-order valence-electron chi connectivity index (χ1n) is 6.20. The van der Waals surface area contributed by atoms with Gasteiger partial charge in [-0.05, 0) is 36.4 Å². The number of rotatable bonds is 4. The van der Waals surface area contributed by atoms with Crippen molar-refractivity contribution in [1.29, 1.82) is 0 Å². The van der Waals surface area contributed by atoms with Crippen LogP contribution in [0.5, 0.6) is 17.2 Å². The van der Waals surface area contributed by atoms with Gasteiger partial charge in [0.05, 0.1) is 18.9 Å². The van der Waals surface area contributed by atoms with Gasteiger partial charge in [0.25, 0.3) is 5.91 Å². The number of carbonyl (C=O) groups is 1. The van der Waals surface area contributed by atoms with Crippen LogP contribution in [0.4, 0.5) is 4.39 Å². The van der Waals surface area contributed by atoms with Gasteiger partial charge in [-0.25, -0.2) is 9.82 Å². The van der Waals surface area contributed by atoms with Crippen LogP contribution in [0, 0.1) is 5.82 Å². The third-order valence-electron chi connectivity index (χ3n) is 2.81. The van der Waals surface area contributed by atoms with Crippen LogP contribution in [0.1, 0.15) is 15.9 Å². The van der Waals surface area contributed by atoms with E-state index >= 15 is 0 Å². The minimum atomic E-state index is -0.782. The molecule has 22 heavy (non-hydrogen) atoms. The third kappa shape index (κ3) is 3.51. The summed E-state index contributed by atoms with van der Waals surface area (Å²) in [6.45, 7) is 0. The monoisotopic (exact) mass is 304 g/mol. The molecule has 0 aliphatic rings. The fourth-order valence-electron chi connectivity index (χ4n) is 1.67. The number of amides is 1. The zero-order chi connectivity index (χ0) is 16.1. The van der Waals surface area contributed by atoms with E-state index in [1.54, 1.807) is 6.07 Å². The van der Waals surface area contributed by atoms with Crippen LogP contribution >= 0.6 is 0 Å². The lowest BCUT2D eigenvalue weighted by molar-refractivity contribution is 0.0952. The minimum Gasteiger partial charge on any atom is -0.507 e. The van der Waals surface area contributed by atoms with E-state index in [2.05, 4.69) is 10.5 Å². The molecule has 0 aliphatic heterocycles. The number of halogens is 1. The number of carbonyl (C=O) groups excluding carboxylic acids is 1. The number of methoxy groups -OCH3 is 1. The average molecular weight is 304 g/mol. The first kappa shape index (κ1) is 15.3. The van der Waals surface area contributed by atoms with Crippen molar-refractivity contribution in [2.75, 3.05) is 7.11 Å². The number of nitrogens with one attached hydrogen (secondary N) is 1. The van der Waals surface area contributed by atoms with Crippen LogP contribution in [0.15, 0.2) is 41.5 Å². The van der Waals surface area contributed by atoms with Crippen molar-refractivity contribution < 1.29 is 24.1 Å². The van der Waals surface area contributed by atoms with Crippen molar-refractivity contribution in [3.8, 4) is 17.2 Å². The average Bonchev–Trinajstić information content (AvgIpc) is 2.51. The molecule has 0 saturated carbocycles. The van der Waals surface area contributed by atoms with E-state index in [4.69, 9.17) is 4.74 Å². The van der Waals surface area contributed by atoms with Gasteiger partial charge in [0, 0.05) is 5.56 Å². The smallest absolute Gasteiger partial charge is 0.275 e. The van der Waals surface area contributed by atoms with E-state index in [9.17, 15) is 19.4 Å². The molecule has 0 bridgehead atoms. The maximum absolute atomic E-state index is 13.1. The number of benzene rings is 2. The Kier molecular flexibility index (Phi) is 4.57. The number of nitrogens with zero attached hydrogens (tertiary/aromatic N) is 1. The van der Waals surface area contributed by atoms with E-state index in [1.165, 1.54) is 25.5 Å². The summed E-state index contributed by atoms with van der Waals surface area (Å²) < 4.78 is 18.1. The molecular weight excluding hydrogens is 291 g/mol. The molecule has 2 aromatic carbocycles. The number of hydrogen-bond donors (Lipinski definition) is 3. The predicted molar refractivity (Wildman–Crippen MR) is 77.8 cm³/mol. The number of phenolic OH excluding ortho intramolecular Hbond substituents is 2. The van der Waals surface area contributed by atoms with Crippen molar-refractivity contribution in [3.63, 3.8) is 0 Å². The zero-order valence-corrected chi connectivity index (χ0v) is 11.6. The van der Waals surface area contributed by atoms with Crippen molar-refractivity contribution in [1.82, 2.24) is 5.43 Å². The standard InChI is InChI=1S/C15H13FN2O4/c1-22-11-3-5-13(19)9(6-11)8-17-18-15(21)12-7-10(16)2-4-14(12)20/h2-8,19-20H,1H3,(H,18,21)/b17-8+. The highest BCUT2D eigenvalue weighted by atomic mass is 19.1. The summed E-state index contributed by atoms with van der Waals surface area (Å²) in [4.78, 5) is 11.8. The van der Waals surface area contributed by atoms with Crippen LogP contribution in [0.2, 0.25) is 0 Å². The van der Waals surface area contributed by atoms with Gasteiger partial charge in [-0.2, -0.15) is 5.10 Å². The summed E-state index contributed by atoms with van der Waals surface area (Å²) >= 11 is 0. The topological polar surface area (TPSA) is 91.2 Å². The van der Waals surface area contributed by atoms with Gasteiger partial charge in [-0.1, -0.05) is 0 Å². The Hall–Kier alpha value is -3.09. The molecule has 0 unspecified atom stereocenters. The molecule has 0 aliphatic carbocycles. The Morgan fingerprint density at radius 3 is 2.68 bits per heavy atom. The van der Waals surface area contributed by atoms with E-state index < -0.39 is 11.7 Å². The van der Waals surface area contributed by atoms with Gasteiger partial charge in [0.1, 0.15) is 23.1 Å². The normalized spacial score (nSPS) is 10.6. The molecule has 3 N–H and O–H groups in total. The molecule has 0 spiro atoms. The quantitative estimate of drug-likeness (QED) is 0.595. The van der Waals surface area contributed by atoms with E-state index in [-0.39, 0.29) is 17.1 Å². The lowest BCUT2D eigenvalue weighted by atomic mass is 10.2. The molecule has 0 saturated heterocycles. The molecule has 0 fully saturated rings. The maximum Gasteiger partial charge on any atom is 0.275 e. The van der Waals surface area contributed by atoms with Gasteiger partial charge in [0.2, 0.25) is 0 Å². The van der Waals surface area contributed by atoms with Crippen LogP contribution in [-0.2, 0) is 0 Å². The lowest BCUT2D eigenvalue weighted by Gasteiger charge is -2.04. The maximum atomic E-state index is 13.1. The van der Waals surface area contributed by atoms with Gasteiger partial charge >= 0.3 is 0 Å². The number of aromatic hydroxyl groups is 2. The summed E-state index contributed by atoms with van der Waals surface area (Å²) in [5.41, 5.74) is 2.21. The molecule has 0 radical (unpaired) electrons. The molecular formula is C15H13FN2O4. The van der Waals surface area contributed by atoms with Crippen LogP contribution in [-0.4, -0.2) is 29.4 Å². The molecule has 6 nitrogen and oxygen atoms in total. The summed E-state index contributed by atoms with van der Waals surface area (Å²) in [5, 5.41) is 22.8. The van der Waals surface area contributed by atoms with E-state index in [1.807, 2.05) is 0 Å². The molecule has 1 amide bonds. The van der Waals surface area contributed by atoms with Crippen LogP contribution in [0.3, 0.4) is 0 Å². The molecule has 2 aromatic rings. The fraction of sp³-hybridized carbons (Fsp3) is 0.0667. The molecule has 0 atom stereocenters. The molecule has 0 heterocycles. The minimum absolute atomic E-state index is 0.0487. The van der Waals surface area contributed by atoms with Gasteiger partial charge in [-0.15, -0.1) is 0 Å². The third-order valence-corrected chi connectivity index (χ3v) is 2.81. The van der Waals surface area contributed by atoms with Gasteiger partial charge < -0.3 is 14.9 Å². The largest absolute Gasteiger partial charge is 0.507 e. The highest BCUT2D eigenvalue weighted by Gasteiger charge is 2.11. The number of ether oxygens (including phenoxy) is 1. The molecule has 114 valence electrons. The Morgan fingerprint density at radius 2 is 1.95 bits per heavy atom. The zero-order valence-electron chi connectivity index (χ0n) is 11.6. The fourth-order valence-corrected chi connectivity index (χ4v) is 1.67. The van der Waals surface area contributed by atoms with Crippen molar-refractivity contribution in [3.05, 3.63) is 53.3 Å². The van der Waals surface area contributed by atoms with Gasteiger partial charge in [-0.3, -0.25) is 4.79 Å². The summed E-state index contributed by atoms with van der Waals surface area (Å²) in [6.07, 6.45) is 1.20. The second kappa shape index (κ2) is 6.57. The Labute approximate surface area is 125 Å².